The first-order valence-corrected chi connectivity index (χ1v) is 10.7. The zero-order valence-corrected chi connectivity index (χ0v) is 20.4. The molecule has 0 bridgehead atoms. The van der Waals surface area contributed by atoms with E-state index in [4.69, 9.17) is 14.2 Å². The Morgan fingerprint density at radius 1 is 1.06 bits per heavy atom. The highest BCUT2D eigenvalue weighted by atomic mass is 79.9. The van der Waals surface area contributed by atoms with Crippen LogP contribution in [-0.4, -0.2) is 31.7 Å². The smallest absolute Gasteiger partial charge is 0.251 e. The molecule has 0 spiro atoms. The van der Waals surface area contributed by atoms with Crippen molar-refractivity contribution in [2.45, 2.75) is 6.92 Å². The van der Waals surface area contributed by atoms with Gasteiger partial charge in [-0.25, -0.2) is 0 Å². The normalized spacial score (nSPS) is 10.4. The van der Waals surface area contributed by atoms with Crippen molar-refractivity contribution in [3.8, 4) is 11.5 Å². The Bertz CT molecular complexity index is 1130. The maximum atomic E-state index is 11.5. The fourth-order valence-corrected chi connectivity index (χ4v) is 3.50. The van der Waals surface area contributed by atoms with Gasteiger partial charge in [0, 0.05) is 44.3 Å². The number of rotatable bonds is 6. The number of fused-ring (bicyclic) bond motifs is 1. The van der Waals surface area contributed by atoms with E-state index in [0.717, 1.165) is 19.8 Å². The molecule has 7 nitrogen and oxygen atoms in total. The number of hydrogen-bond acceptors (Lipinski definition) is 5. The molecule has 3 aromatic rings. The van der Waals surface area contributed by atoms with Crippen LogP contribution in [-0.2, 0) is 9.53 Å². The number of halogens is 2. The Morgan fingerprint density at radius 2 is 1.77 bits per heavy atom. The summed E-state index contributed by atoms with van der Waals surface area (Å²) < 4.78 is 16.9. The lowest BCUT2D eigenvalue weighted by molar-refractivity contribution is -0.112. The second kappa shape index (κ2) is 12.2. The van der Waals surface area contributed by atoms with Gasteiger partial charge in [0.25, 0.3) is 5.91 Å². The highest BCUT2D eigenvalue weighted by Gasteiger charge is 2.03. The maximum absolute atomic E-state index is 11.5. The van der Waals surface area contributed by atoms with Crippen molar-refractivity contribution in [1.29, 1.82) is 0 Å². The molecule has 0 radical (unpaired) electrons. The van der Waals surface area contributed by atoms with Crippen LogP contribution in [0.3, 0.4) is 0 Å². The molecular weight excluding hydrogens is 532 g/mol. The van der Waals surface area contributed by atoms with Crippen molar-refractivity contribution in [2.75, 3.05) is 26.1 Å². The average molecular weight is 554 g/mol. The number of hydrogen-bond donors (Lipinski definition) is 2. The number of carbonyl (C=O) groups is 1. The van der Waals surface area contributed by atoms with E-state index in [1.807, 2.05) is 19.1 Å². The number of aromatic amines is 1. The number of benzene rings is 2. The molecule has 3 rings (SSSR count). The number of ether oxygens (including phenoxy) is 3. The van der Waals surface area contributed by atoms with Gasteiger partial charge < -0.3 is 24.5 Å². The molecule has 1 aromatic heterocycles. The number of amides is 1. The average Bonchev–Trinajstić information content (AvgIpc) is 2.73. The molecule has 0 fully saturated rings. The summed E-state index contributed by atoms with van der Waals surface area (Å²) in [6.07, 6.45) is 2.70. The van der Waals surface area contributed by atoms with E-state index in [1.54, 1.807) is 38.5 Å². The van der Waals surface area contributed by atoms with Crippen molar-refractivity contribution in [1.82, 2.24) is 4.98 Å². The summed E-state index contributed by atoms with van der Waals surface area (Å²) in [7, 11) is 3.16. The van der Waals surface area contributed by atoms with Crippen molar-refractivity contribution < 1.29 is 19.0 Å². The minimum atomic E-state index is -0.251. The summed E-state index contributed by atoms with van der Waals surface area (Å²) in [6, 6.07) is 12.3. The van der Waals surface area contributed by atoms with Gasteiger partial charge in [-0.2, -0.15) is 0 Å². The summed E-state index contributed by atoms with van der Waals surface area (Å²) in [4.78, 5) is 25.3. The Hall–Kier alpha value is -2.78. The van der Waals surface area contributed by atoms with Crippen LogP contribution >= 0.6 is 31.9 Å². The molecule has 1 amide bonds. The van der Waals surface area contributed by atoms with Crippen LogP contribution in [0.1, 0.15) is 6.92 Å². The Morgan fingerprint density at radius 3 is 2.45 bits per heavy atom. The predicted octanol–water partition coefficient (Wildman–Crippen LogP) is 5.25. The Kier molecular flexibility index (Phi) is 9.61. The minimum Gasteiger partial charge on any atom is -0.501 e. The highest BCUT2D eigenvalue weighted by Crippen LogP contribution is 2.27. The third kappa shape index (κ3) is 7.76. The van der Waals surface area contributed by atoms with E-state index in [1.165, 1.54) is 18.4 Å². The number of methoxy groups -OCH3 is 2. The largest absolute Gasteiger partial charge is 0.501 e. The van der Waals surface area contributed by atoms with Gasteiger partial charge in [-0.05, 0) is 47.1 Å². The van der Waals surface area contributed by atoms with Gasteiger partial charge in [0.15, 0.2) is 0 Å². The molecule has 0 saturated heterocycles. The van der Waals surface area contributed by atoms with Gasteiger partial charge >= 0.3 is 0 Å². The first-order chi connectivity index (χ1) is 14.9. The first kappa shape index (κ1) is 24.5. The van der Waals surface area contributed by atoms with Gasteiger partial charge in [-0.1, -0.05) is 15.9 Å². The molecule has 2 N–H and O–H groups in total. The molecule has 9 heteroatoms. The van der Waals surface area contributed by atoms with Crippen LogP contribution in [0.25, 0.3) is 10.9 Å². The SMILES string of the molecule is CCO/C=C/C(=O)Nc1cc(Br)cc(OC)c1.COc1cc(Br)c2ccc(=O)[nH]c2c1. The van der Waals surface area contributed by atoms with Crippen LogP contribution in [0.2, 0.25) is 0 Å². The number of carbonyl (C=O) groups excluding carboxylic acids is 1. The van der Waals surface area contributed by atoms with Gasteiger partial charge in [-0.3, -0.25) is 9.59 Å². The van der Waals surface area contributed by atoms with Crippen LogP contribution in [0.15, 0.2) is 68.5 Å². The van der Waals surface area contributed by atoms with Gasteiger partial charge in [0.05, 0.1) is 32.6 Å². The van der Waals surface area contributed by atoms with E-state index in [0.29, 0.717) is 23.8 Å². The number of nitrogens with one attached hydrogen (secondary N) is 2. The first-order valence-electron chi connectivity index (χ1n) is 9.16. The third-order valence-corrected chi connectivity index (χ3v) is 4.97. The number of H-pyrrole nitrogens is 1. The van der Waals surface area contributed by atoms with Crippen LogP contribution in [0.4, 0.5) is 5.69 Å². The zero-order chi connectivity index (χ0) is 22.8. The Labute approximate surface area is 196 Å². The van der Waals surface area contributed by atoms with Crippen molar-refractivity contribution in [3.05, 3.63) is 74.1 Å². The topological polar surface area (TPSA) is 89.7 Å². The van der Waals surface area contributed by atoms with Crippen LogP contribution in [0.5, 0.6) is 11.5 Å². The van der Waals surface area contributed by atoms with Crippen LogP contribution in [0, 0.1) is 0 Å². The lowest BCUT2D eigenvalue weighted by Crippen LogP contribution is -2.08. The molecule has 31 heavy (non-hydrogen) atoms. The van der Waals surface area contributed by atoms with Gasteiger partial charge in [0.1, 0.15) is 11.5 Å². The van der Waals surface area contributed by atoms with Gasteiger partial charge in [0.2, 0.25) is 5.56 Å². The van der Waals surface area contributed by atoms with Gasteiger partial charge in [-0.15, -0.1) is 0 Å². The lowest BCUT2D eigenvalue weighted by Gasteiger charge is -2.06. The van der Waals surface area contributed by atoms with E-state index < -0.39 is 0 Å². The fourth-order valence-electron chi connectivity index (χ4n) is 2.46. The molecule has 164 valence electrons. The fraction of sp³-hybridized carbons (Fsp3) is 0.182. The minimum absolute atomic E-state index is 0.113. The maximum Gasteiger partial charge on any atom is 0.251 e. The molecule has 0 aliphatic heterocycles. The third-order valence-electron chi connectivity index (χ3n) is 3.85. The summed E-state index contributed by atoms with van der Waals surface area (Å²) in [6.45, 7) is 2.38. The standard InChI is InChI=1S/C12H14BrNO3.C10H8BrNO2/c1-3-17-5-4-12(15)14-10-6-9(13)7-11(8-10)16-2;1-14-6-4-8(11)7-2-3-10(13)12-9(7)5-6/h4-8H,3H2,1-2H3,(H,14,15);2-5H,1H3,(H,12,13)/b5-4+;. The monoisotopic (exact) mass is 552 g/mol. The summed E-state index contributed by atoms with van der Waals surface area (Å²) in [5.41, 5.74) is 1.31. The molecule has 0 unspecified atom stereocenters. The Balaban J connectivity index is 0.000000224. The van der Waals surface area contributed by atoms with Crippen molar-refractivity contribution in [2.24, 2.45) is 0 Å². The lowest BCUT2D eigenvalue weighted by atomic mass is 10.2. The predicted molar refractivity (Wildman–Crippen MR) is 129 cm³/mol. The van der Waals surface area contributed by atoms with E-state index in [2.05, 4.69) is 42.2 Å². The highest BCUT2D eigenvalue weighted by molar-refractivity contribution is 9.11. The van der Waals surface area contributed by atoms with Crippen molar-refractivity contribution in [3.63, 3.8) is 0 Å². The summed E-state index contributed by atoms with van der Waals surface area (Å²) in [5.74, 6) is 1.13. The quantitative estimate of drug-likeness (QED) is 0.321. The zero-order valence-electron chi connectivity index (χ0n) is 17.2. The molecule has 0 aliphatic carbocycles. The molecule has 0 aliphatic rings. The van der Waals surface area contributed by atoms with E-state index in [9.17, 15) is 9.59 Å². The number of anilines is 1. The molecule has 0 atom stereocenters. The van der Waals surface area contributed by atoms with Crippen molar-refractivity contribution >= 4 is 54.4 Å². The van der Waals surface area contributed by atoms with Crippen LogP contribution < -0.4 is 20.3 Å². The molecule has 1 heterocycles. The molecule has 0 saturated carbocycles. The van der Waals surface area contributed by atoms with E-state index >= 15 is 0 Å². The number of aromatic nitrogens is 1. The second-order valence-corrected chi connectivity index (χ2v) is 7.79. The number of pyridine rings is 1. The molecule has 2 aromatic carbocycles. The second-order valence-electron chi connectivity index (χ2n) is 6.02. The molecular formula is C22H22Br2N2O5. The summed E-state index contributed by atoms with van der Waals surface area (Å²) in [5, 5.41) is 3.66. The van der Waals surface area contributed by atoms with E-state index in [-0.39, 0.29) is 11.5 Å². The summed E-state index contributed by atoms with van der Waals surface area (Å²) >= 11 is 6.74.